The van der Waals surface area contributed by atoms with Crippen LogP contribution in [0, 0.1) is 5.92 Å². The van der Waals surface area contributed by atoms with Gasteiger partial charge in [0.1, 0.15) is 0 Å². The van der Waals surface area contributed by atoms with Crippen LogP contribution in [0.5, 0.6) is 11.5 Å². The Kier molecular flexibility index (Phi) is 6.65. The van der Waals surface area contributed by atoms with Crippen LogP contribution < -0.4 is 14.8 Å². The number of aromatic nitrogens is 1. The van der Waals surface area contributed by atoms with E-state index in [0.29, 0.717) is 6.54 Å². The second kappa shape index (κ2) is 9.37. The van der Waals surface area contributed by atoms with E-state index in [1.165, 1.54) is 5.56 Å². The number of rotatable bonds is 7. The van der Waals surface area contributed by atoms with Crippen molar-refractivity contribution in [3.8, 4) is 11.5 Å². The predicted molar refractivity (Wildman–Crippen MR) is 104 cm³/mol. The lowest BCUT2D eigenvalue weighted by Gasteiger charge is -2.31. The third-order valence-electron chi connectivity index (χ3n) is 4.98. The molecule has 1 aromatic carbocycles. The fourth-order valence-electron chi connectivity index (χ4n) is 3.42. The summed E-state index contributed by atoms with van der Waals surface area (Å²) in [5, 5.41) is 3.01. The number of likely N-dealkylation sites (tertiary alicyclic amines) is 1. The number of carbonyl (C=O) groups is 1. The van der Waals surface area contributed by atoms with Crippen molar-refractivity contribution in [1.82, 2.24) is 15.2 Å². The Morgan fingerprint density at radius 2 is 1.93 bits per heavy atom. The van der Waals surface area contributed by atoms with Gasteiger partial charge in [0.25, 0.3) is 0 Å². The van der Waals surface area contributed by atoms with Crippen molar-refractivity contribution in [3.05, 3.63) is 53.9 Å². The summed E-state index contributed by atoms with van der Waals surface area (Å²) in [4.78, 5) is 19.0. The van der Waals surface area contributed by atoms with Crippen LogP contribution in [-0.4, -0.2) is 43.1 Å². The molecule has 27 heavy (non-hydrogen) atoms. The molecule has 2 aromatic rings. The SMILES string of the molecule is COc1ccc(CN2CCC(C(=O)NCc3ccccn3)CC2)cc1OC. The first-order chi connectivity index (χ1) is 13.2. The molecule has 0 atom stereocenters. The van der Waals surface area contributed by atoms with Crippen LogP contribution in [0.4, 0.5) is 0 Å². The van der Waals surface area contributed by atoms with E-state index < -0.39 is 0 Å². The highest BCUT2D eigenvalue weighted by Gasteiger charge is 2.25. The molecule has 0 spiro atoms. The first-order valence-corrected chi connectivity index (χ1v) is 9.30. The minimum atomic E-state index is 0.0790. The van der Waals surface area contributed by atoms with E-state index in [9.17, 15) is 4.79 Å². The van der Waals surface area contributed by atoms with Gasteiger partial charge in [-0.2, -0.15) is 0 Å². The van der Waals surface area contributed by atoms with E-state index in [0.717, 1.165) is 49.7 Å². The van der Waals surface area contributed by atoms with Gasteiger partial charge in [-0.1, -0.05) is 12.1 Å². The monoisotopic (exact) mass is 369 g/mol. The Morgan fingerprint density at radius 1 is 1.15 bits per heavy atom. The van der Waals surface area contributed by atoms with Crippen LogP contribution >= 0.6 is 0 Å². The molecule has 1 aliphatic rings. The van der Waals surface area contributed by atoms with Gasteiger partial charge in [0.15, 0.2) is 11.5 Å². The summed E-state index contributed by atoms with van der Waals surface area (Å²) in [5.41, 5.74) is 2.07. The van der Waals surface area contributed by atoms with E-state index in [4.69, 9.17) is 9.47 Å². The molecule has 6 heteroatoms. The summed E-state index contributed by atoms with van der Waals surface area (Å²) in [7, 11) is 3.29. The molecule has 1 aliphatic heterocycles. The number of hydrogen-bond donors (Lipinski definition) is 1. The van der Waals surface area contributed by atoms with Crippen molar-refractivity contribution in [2.24, 2.45) is 5.92 Å². The predicted octanol–water partition coefficient (Wildman–Crippen LogP) is 2.63. The van der Waals surface area contributed by atoms with Gasteiger partial charge in [0, 0.05) is 18.7 Å². The van der Waals surface area contributed by atoms with Gasteiger partial charge in [-0.05, 0) is 55.8 Å². The number of carbonyl (C=O) groups excluding carboxylic acids is 1. The van der Waals surface area contributed by atoms with E-state index in [1.807, 2.05) is 30.3 Å². The molecule has 1 fully saturated rings. The number of methoxy groups -OCH3 is 2. The number of nitrogens with zero attached hydrogens (tertiary/aromatic N) is 2. The normalized spacial score (nSPS) is 15.3. The van der Waals surface area contributed by atoms with Crippen molar-refractivity contribution in [2.45, 2.75) is 25.9 Å². The minimum absolute atomic E-state index is 0.0790. The summed E-state index contributed by atoms with van der Waals surface area (Å²) >= 11 is 0. The number of hydrogen-bond acceptors (Lipinski definition) is 5. The van der Waals surface area contributed by atoms with Crippen LogP contribution in [-0.2, 0) is 17.9 Å². The smallest absolute Gasteiger partial charge is 0.223 e. The average molecular weight is 369 g/mol. The van der Waals surface area contributed by atoms with Crippen molar-refractivity contribution in [1.29, 1.82) is 0 Å². The number of pyridine rings is 1. The van der Waals surface area contributed by atoms with E-state index in [-0.39, 0.29) is 11.8 Å². The van der Waals surface area contributed by atoms with Gasteiger partial charge in [-0.3, -0.25) is 14.7 Å². The summed E-state index contributed by atoms with van der Waals surface area (Å²) in [6, 6.07) is 11.7. The molecule has 3 rings (SSSR count). The molecular weight excluding hydrogens is 342 g/mol. The Hall–Kier alpha value is -2.60. The number of benzene rings is 1. The Balaban J connectivity index is 1.46. The Bertz CT molecular complexity index is 744. The highest BCUT2D eigenvalue weighted by molar-refractivity contribution is 5.78. The van der Waals surface area contributed by atoms with Gasteiger partial charge in [0.2, 0.25) is 5.91 Å². The van der Waals surface area contributed by atoms with Crippen molar-refractivity contribution in [2.75, 3.05) is 27.3 Å². The van der Waals surface area contributed by atoms with E-state index in [1.54, 1.807) is 20.4 Å². The third-order valence-corrected chi connectivity index (χ3v) is 4.98. The topological polar surface area (TPSA) is 63.7 Å². The second-order valence-corrected chi connectivity index (χ2v) is 6.78. The maximum Gasteiger partial charge on any atom is 0.223 e. The molecule has 1 N–H and O–H groups in total. The summed E-state index contributed by atoms with van der Waals surface area (Å²) in [5.74, 6) is 1.70. The molecule has 1 amide bonds. The zero-order valence-electron chi connectivity index (χ0n) is 16.0. The van der Waals surface area contributed by atoms with Gasteiger partial charge >= 0.3 is 0 Å². The lowest BCUT2D eigenvalue weighted by molar-refractivity contribution is -0.126. The molecule has 1 aromatic heterocycles. The fourth-order valence-corrected chi connectivity index (χ4v) is 3.42. The molecule has 0 unspecified atom stereocenters. The van der Waals surface area contributed by atoms with Crippen molar-refractivity contribution in [3.63, 3.8) is 0 Å². The molecule has 1 saturated heterocycles. The Morgan fingerprint density at radius 3 is 2.59 bits per heavy atom. The number of piperidine rings is 1. The molecular formula is C21H27N3O3. The standard InChI is InChI=1S/C21H27N3O3/c1-26-19-7-6-16(13-20(19)27-2)15-24-11-8-17(9-12-24)21(25)23-14-18-5-3-4-10-22-18/h3-7,10,13,17H,8-9,11-12,14-15H2,1-2H3,(H,23,25). The maximum atomic E-state index is 12.4. The number of amides is 1. The molecule has 0 radical (unpaired) electrons. The number of ether oxygens (including phenoxy) is 2. The zero-order chi connectivity index (χ0) is 19.1. The molecule has 2 heterocycles. The summed E-state index contributed by atoms with van der Waals surface area (Å²) in [6.07, 6.45) is 3.50. The van der Waals surface area contributed by atoms with Crippen LogP contribution in [0.2, 0.25) is 0 Å². The van der Waals surface area contributed by atoms with Crippen LogP contribution in [0.1, 0.15) is 24.1 Å². The summed E-state index contributed by atoms with van der Waals surface area (Å²) in [6.45, 7) is 3.17. The third kappa shape index (κ3) is 5.20. The molecule has 144 valence electrons. The van der Waals surface area contributed by atoms with Gasteiger partial charge in [-0.25, -0.2) is 0 Å². The first-order valence-electron chi connectivity index (χ1n) is 9.30. The first kappa shape index (κ1) is 19.2. The molecule has 0 bridgehead atoms. The molecule has 6 nitrogen and oxygen atoms in total. The highest BCUT2D eigenvalue weighted by atomic mass is 16.5. The minimum Gasteiger partial charge on any atom is -0.493 e. The van der Waals surface area contributed by atoms with Gasteiger partial charge < -0.3 is 14.8 Å². The fraction of sp³-hybridized carbons (Fsp3) is 0.429. The van der Waals surface area contributed by atoms with Crippen LogP contribution in [0.3, 0.4) is 0 Å². The van der Waals surface area contributed by atoms with E-state index >= 15 is 0 Å². The molecule has 0 aliphatic carbocycles. The van der Waals surface area contributed by atoms with Crippen LogP contribution in [0.25, 0.3) is 0 Å². The second-order valence-electron chi connectivity index (χ2n) is 6.78. The lowest BCUT2D eigenvalue weighted by Crippen LogP contribution is -2.40. The van der Waals surface area contributed by atoms with Gasteiger partial charge in [-0.15, -0.1) is 0 Å². The average Bonchev–Trinajstić information content (AvgIpc) is 2.73. The molecule has 0 saturated carbocycles. The lowest BCUT2D eigenvalue weighted by atomic mass is 9.95. The van der Waals surface area contributed by atoms with E-state index in [2.05, 4.69) is 21.3 Å². The van der Waals surface area contributed by atoms with Crippen molar-refractivity contribution < 1.29 is 14.3 Å². The summed E-state index contributed by atoms with van der Waals surface area (Å²) < 4.78 is 10.7. The number of nitrogens with one attached hydrogen (secondary N) is 1. The van der Waals surface area contributed by atoms with Gasteiger partial charge in [0.05, 0.1) is 26.5 Å². The highest BCUT2D eigenvalue weighted by Crippen LogP contribution is 2.28. The maximum absolute atomic E-state index is 12.4. The quantitative estimate of drug-likeness (QED) is 0.813. The van der Waals surface area contributed by atoms with Crippen molar-refractivity contribution >= 4 is 5.91 Å². The van der Waals surface area contributed by atoms with Crippen LogP contribution in [0.15, 0.2) is 42.6 Å². The largest absolute Gasteiger partial charge is 0.493 e. The zero-order valence-corrected chi connectivity index (χ0v) is 16.0. The Labute approximate surface area is 160 Å².